The molecule has 0 bridgehead atoms. The molecule has 2 fully saturated rings. The summed E-state index contributed by atoms with van der Waals surface area (Å²) in [6.45, 7) is 0.982. The molecule has 2 N–H and O–H groups in total. The van der Waals surface area contributed by atoms with Gasteiger partial charge in [-0.05, 0) is 51.1 Å². The lowest BCUT2D eigenvalue weighted by Gasteiger charge is -2.35. The second-order valence-electron chi connectivity index (χ2n) is 8.92. The number of nitrogens with zero attached hydrogens (tertiary/aromatic N) is 4. The van der Waals surface area contributed by atoms with E-state index in [1.165, 1.54) is 6.07 Å². The zero-order valence-electron chi connectivity index (χ0n) is 19.5. The highest BCUT2D eigenvalue weighted by Crippen LogP contribution is 2.36. The van der Waals surface area contributed by atoms with Gasteiger partial charge in [-0.3, -0.25) is 14.6 Å². The fourth-order valence-electron chi connectivity index (χ4n) is 3.86. The molecule has 4 rings (SSSR count). The summed E-state index contributed by atoms with van der Waals surface area (Å²) >= 11 is 0. The first-order valence-corrected chi connectivity index (χ1v) is 11.4. The fraction of sp³-hybridized carbons (Fsp3) is 0.565. The third-order valence-corrected chi connectivity index (χ3v) is 5.81. The Labute approximate surface area is 197 Å². The lowest BCUT2D eigenvalue weighted by molar-refractivity contribution is -0.0515. The summed E-state index contributed by atoms with van der Waals surface area (Å²) < 4.78 is 41.8. The zero-order valence-corrected chi connectivity index (χ0v) is 19.5. The van der Waals surface area contributed by atoms with E-state index in [0.29, 0.717) is 31.2 Å². The molecule has 11 heteroatoms. The van der Waals surface area contributed by atoms with Crippen LogP contribution in [-0.4, -0.2) is 85.8 Å². The van der Waals surface area contributed by atoms with Gasteiger partial charge >= 0.3 is 6.61 Å². The van der Waals surface area contributed by atoms with Gasteiger partial charge in [0.25, 0.3) is 5.91 Å². The van der Waals surface area contributed by atoms with Gasteiger partial charge in [0.05, 0.1) is 19.8 Å². The summed E-state index contributed by atoms with van der Waals surface area (Å²) in [4.78, 5) is 23.7. The minimum atomic E-state index is -2.97. The van der Waals surface area contributed by atoms with Crippen molar-refractivity contribution in [3.63, 3.8) is 0 Å². The lowest BCUT2D eigenvalue weighted by atomic mass is 10.2. The Kier molecular flexibility index (Phi) is 7.64. The molecule has 9 nitrogen and oxygen atoms in total. The normalized spacial score (nSPS) is 17.0. The van der Waals surface area contributed by atoms with Crippen molar-refractivity contribution in [3.05, 3.63) is 29.7 Å². The predicted octanol–water partition coefficient (Wildman–Crippen LogP) is 2.47. The first-order chi connectivity index (χ1) is 16.3. The average Bonchev–Trinajstić information content (AvgIpc) is 3.54. The molecule has 2 heterocycles. The van der Waals surface area contributed by atoms with Crippen LogP contribution in [0.15, 0.2) is 22.6 Å². The lowest BCUT2D eigenvalue weighted by Crippen LogP contribution is -2.50. The SMILES string of the molecule is CN(C)CN1CCN(C(=O)c2nc(-c3ccc(OC(F)F)c(OCC4CC4)c3)oc2CN)CC1. The number of carbonyl (C=O) groups is 1. The summed E-state index contributed by atoms with van der Waals surface area (Å²) in [5.74, 6) is 0.775. The molecule has 1 aliphatic heterocycles. The van der Waals surface area contributed by atoms with E-state index in [9.17, 15) is 13.6 Å². The van der Waals surface area contributed by atoms with Crippen LogP contribution in [0.4, 0.5) is 8.78 Å². The first kappa shape index (κ1) is 24.4. The van der Waals surface area contributed by atoms with Crippen LogP contribution in [0, 0.1) is 5.92 Å². The Hall–Kier alpha value is -2.76. The molecule has 34 heavy (non-hydrogen) atoms. The number of ether oxygens (including phenoxy) is 2. The van der Waals surface area contributed by atoms with Gasteiger partial charge in [-0.1, -0.05) is 0 Å². The molecule has 1 amide bonds. The minimum absolute atomic E-state index is 0.00623. The van der Waals surface area contributed by atoms with E-state index in [4.69, 9.17) is 14.9 Å². The summed E-state index contributed by atoms with van der Waals surface area (Å²) in [5.41, 5.74) is 6.49. The molecule has 0 unspecified atom stereocenters. The zero-order chi connectivity index (χ0) is 24.2. The molecule has 1 aromatic heterocycles. The smallest absolute Gasteiger partial charge is 0.387 e. The van der Waals surface area contributed by atoms with Crippen LogP contribution in [0.1, 0.15) is 29.1 Å². The van der Waals surface area contributed by atoms with Crippen molar-refractivity contribution in [2.24, 2.45) is 11.7 Å². The summed E-state index contributed by atoms with van der Waals surface area (Å²) in [6, 6.07) is 4.48. The van der Waals surface area contributed by atoms with Crippen LogP contribution < -0.4 is 15.2 Å². The molecule has 0 spiro atoms. The Morgan fingerprint density at radius 2 is 1.97 bits per heavy atom. The minimum Gasteiger partial charge on any atom is -0.489 e. The second kappa shape index (κ2) is 10.7. The second-order valence-corrected chi connectivity index (χ2v) is 8.92. The van der Waals surface area contributed by atoms with Gasteiger partial charge in [0.15, 0.2) is 23.0 Å². The van der Waals surface area contributed by atoms with E-state index in [0.717, 1.165) is 32.6 Å². The summed E-state index contributed by atoms with van der Waals surface area (Å²) in [7, 11) is 4.02. The Morgan fingerprint density at radius 3 is 2.59 bits per heavy atom. The maximum absolute atomic E-state index is 13.2. The maximum Gasteiger partial charge on any atom is 0.387 e. The van der Waals surface area contributed by atoms with Gasteiger partial charge in [-0.15, -0.1) is 0 Å². The van der Waals surface area contributed by atoms with Crippen LogP contribution >= 0.6 is 0 Å². The highest BCUT2D eigenvalue weighted by Gasteiger charge is 2.28. The Balaban J connectivity index is 1.52. The number of nitrogens with two attached hydrogens (primary N) is 1. The molecular weight excluding hydrogens is 448 g/mol. The third kappa shape index (κ3) is 6.02. The molecule has 2 aliphatic rings. The van der Waals surface area contributed by atoms with E-state index in [2.05, 4.69) is 19.5 Å². The number of carbonyl (C=O) groups excluding carboxylic acids is 1. The van der Waals surface area contributed by atoms with E-state index >= 15 is 0 Å². The van der Waals surface area contributed by atoms with E-state index in [1.54, 1.807) is 17.0 Å². The van der Waals surface area contributed by atoms with E-state index < -0.39 is 6.61 Å². The van der Waals surface area contributed by atoms with Crippen molar-refractivity contribution in [1.82, 2.24) is 19.7 Å². The number of hydrogen-bond donors (Lipinski definition) is 1. The van der Waals surface area contributed by atoms with E-state index in [1.807, 2.05) is 14.1 Å². The summed E-state index contributed by atoms with van der Waals surface area (Å²) in [5, 5.41) is 0. The van der Waals surface area contributed by atoms with Crippen LogP contribution in [0.25, 0.3) is 11.5 Å². The molecular formula is C23H31F2N5O4. The number of piperazine rings is 1. The maximum atomic E-state index is 13.2. The molecule has 1 saturated heterocycles. The largest absolute Gasteiger partial charge is 0.489 e. The quantitative estimate of drug-likeness (QED) is 0.555. The van der Waals surface area contributed by atoms with Crippen molar-refractivity contribution >= 4 is 5.91 Å². The van der Waals surface area contributed by atoms with Gasteiger partial charge in [0.1, 0.15) is 0 Å². The van der Waals surface area contributed by atoms with Crippen LogP contribution in [0.5, 0.6) is 11.5 Å². The number of alkyl halides is 2. The van der Waals surface area contributed by atoms with Crippen molar-refractivity contribution < 1.29 is 27.5 Å². The molecule has 2 aromatic rings. The average molecular weight is 480 g/mol. The molecule has 0 atom stereocenters. The van der Waals surface area contributed by atoms with Gasteiger partial charge in [-0.25, -0.2) is 4.98 Å². The molecule has 0 radical (unpaired) electrons. The number of oxazole rings is 1. The monoisotopic (exact) mass is 479 g/mol. The highest BCUT2D eigenvalue weighted by molar-refractivity contribution is 5.94. The molecule has 1 aliphatic carbocycles. The molecule has 1 aromatic carbocycles. The van der Waals surface area contributed by atoms with Crippen molar-refractivity contribution in [2.75, 3.05) is 53.5 Å². The standard InChI is InChI=1S/C23H31F2N5O4/c1-28(2)14-29-7-9-30(10-8-29)22(31)20-19(12-26)33-21(27-20)16-5-6-17(34-23(24)25)18(11-16)32-13-15-3-4-15/h5-6,11,15,23H,3-4,7-10,12-14,26H2,1-2H3. The highest BCUT2D eigenvalue weighted by atomic mass is 19.3. The predicted molar refractivity (Wildman–Crippen MR) is 121 cm³/mol. The number of amides is 1. The van der Waals surface area contributed by atoms with Crippen molar-refractivity contribution in [3.8, 4) is 23.0 Å². The Morgan fingerprint density at radius 1 is 1.24 bits per heavy atom. The van der Waals surface area contributed by atoms with Crippen molar-refractivity contribution in [1.29, 1.82) is 0 Å². The number of aromatic nitrogens is 1. The number of halogens is 2. The van der Waals surface area contributed by atoms with E-state index in [-0.39, 0.29) is 41.3 Å². The third-order valence-electron chi connectivity index (χ3n) is 5.81. The van der Waals surface area contributed by atoms with Gasteiger partial charge < -0.3 is 24.5 Å². The van der Waals surface area contributed by atoms with Crippen LogP contribution in [0.2, 0.25) is 0 Å². The van der Waals surface area contributed by atoms with Crippen molar-refractivity contribution in [2.45, 2.75) is 26.0 Å². The number of hydrogen-bond acceptors (Lipinski definition) is 8. The molecule has 1 saturated carbocycles. The van der Waals surface area contributed by atoms with Gasteiger partial charge in [-0.2, -0.15) is 8.78 Å². The topological polar surface area (TPSA) is 97.3 Å². The van der Waals surface area contributed by atoms with Gasteiger partial charge in [0.2, 0.25) is 5.89 Å². The molecule has 186 valence electrons. The number of rotatable bonds is 10. The van der Waals surface area contributed by atoms with Crippen LogP contribution in [-0.2, 0) is 6.54 Å². The summed E-state index contributed by atoms with van der Waals surface area (Å²) in [6.07, 6.45) is 2.11. The fourth-order valence-corrected chi connectivity index (χ4v) is 3.86. The van der Waals surface area contributed by atoms with Crippen LogP contribution in [0.3, 0.4) is 0 Å². The Bertz CT molecular complexity index is 988. The number of benzene rings is 1. The first-order valence-electron chi connectivity index (χ1n) is 11.4. The van der Waals surface area contributed by atoms with Gasteiger partial charge in [0, 0.05) is 31.7 Å².